The van der Waals surface area contributed by atoms with Crippen LogP contribution in [0.2, 0.25) is 0 Å². The molecule has 2 amide bonds. The second kappa shape index (κ2) is 10.9. The molecule has 0 aliphatic rings. The molecule has 0 saturated heterocycles. The van der Waals surface area contributed by atoms with E-state index in [1.165, 1.54) is 4.90 Å². The lowest BCUT2D eigenvalue weighted by atomic mass is 10.1. The van der Waals surface area contributed by atoms with Gasteiger partial charge in [0.1, 0.15) is 23.3 Å². The van der Waals surface area contributed by atoms with E-state index in [9.17, 15) is 9.59 Å². The molecule has 0 fully saturated rings. The molecule has 1 N–H and O–H groups in total. The van der Waals surface area contributed by atoms with Crippen LogP contribution in [0.3, 0.4) is 0 Å². The van der Waals surface area contributed by atoms with Gasteiger partial charge in [0.05, 0.1) is 14.2 Å². The lowest BCUT2D eigenvalue weighted by Gasteiger charge is -2.31. The molecule has 0 heterocycles. The number of benzene rings is 2. The molecule has 7 nitrogen and oxygen atoms in total. The van der Waals surface area contributed by atoms with Gasteiger partial charge in [-0.3, -0.25) is 9.59 Å². The summed E-state index contributed by atoms with van der Waals surface area (Å²) in [4.78, 5) is 27.5. The fourth-order valence-electron chi connectivity index (χ4n) is 3.16. The summed E-state index contributed by atoms with van der Waals surface area (Å²) in [7, 11) is 3.09. The lowest BCUT2D eigenvalue weighted by Crippen LogP contribution is -2.53. The Hall–Kier alpha value is -3.22. The zero-order valence-electron chi connectivity index (χ0n) is 20.0. The van der Waals surface area contributed by atoms with Gasteiger partial charge in [-0.2, -0.15) is 0 Å². The maximum Gasteiger partial charge on any atom is 0.261 e. The van der Waals surface area contributed by atoms with E-state index in [0.717, 1.165) is 11.1 Å². The highest BCUT2D eigenvalue weighted by molar-refractivity contribution is 5.88. The van der Waals surface area contributed by atoms with Gasteiger partial charge in [0.25, 0.3) is 5.91 Å². The van der Waals surface area contributed by atoms with Crippen LogP contribution in [0.5, 0.6) is 17.2 Å². The molecule has 0 bridgehead atoms. The molecule has 7 heteroatoms. The summed E-state index contributed by atoms with van der Waals surface area (Å²) in [5, 5.41) is 2.95. The van der Waals surface area contributed by atoms with Crippen LogP contribution in [0, 0.1) is 6.92 Å². The van der Waals surface area contributed by atoms with Crippen LogP contribution in [-0.2, 0) is 16.1 Å². The second-order valence-corrected chi connectivity index (χ2v) is 8.76. The van der Waals surface area contributed by atoms with Crippen molar-refractivity contribution in [3.63, 3.8) is 0 Å². The highest BCUT2D eigenvalue weighted by Gasteiger charge is 2.28. The maximum absolute atomic E-state index is 13.2. The van der Waals surface area contributed by atoms with Gasteiger partial charge in [-0.15, -0.1) is 0 Å². The Morgan fingerprint density at radius 3 is 2.12 bits per heavy atom. The van der Waals surface area contributed by atoms with E-state index < -0.39 is 11.6 Å². The Morgan fingerprint density at radius 2 is 1.59 bits per heavy atom. The van der Waals surface area contributed by atoms with Crippen molar-refractivity contribution in [2.45, 2.75) is 52.7 Å². The number of methoxy groups -OCH3 is 2. The van der Waals surface area contributed by atoms with Gasteiger partial charge < -0.3 is 24.4 Å². The predicted molar refractivity (Wildman–Crippen MR) is 124 cm³/mol. The van der Waals surface area contributed by atoms with E-state index in [0.29, 0.717) is 23.8 Å². The molecule has 0 aliphatic carbocycles. The predicted octanol–water partition coefficient (Wildman–Crippen LogP) is 3.72. The molecular formula is C25H34N2O5. The third kappa shape index (κ3) is 7.48. The number of carbonyl (C=O) groups excluding carboxylic acids is 2. The fourth-order valence-corrected chi connectivity index (χ4v) is 3.16. The van der Waals surface area contributed by atoms with E-state index in [-0.39, 0.29) is 18.4 Å². The Morgan fingerprint density at radius 1 is 1.00 bits per heavy atom. The first-order valence-electron chi connectivity index (χ1n) is 10.6. The standard InChI is InChI=1S/C25H34N2O5/c1-17-9-8-10-19(11-17)15-27(18(2)24(29)26-25(3,4)5)23(28)16-32-22-13-20(30-6)12-21(14-22)31-7/h8-14,18H,15-16H2,1-7H3,(H,26,29)/t18-/m1/s1. The van der Waals surface area contributed by atoms with Crippen LogP contribution in [0.15, 0.2) is 42.5 Å². The Bertz CT molecular complexity index is 914. The first kappa shape index (κ1) is 25.0. The highest BCUT2D eigenvalue weighted by Crippen LogP contribution is 2.27. The number of rotatable bonds is 9. The summed E-state index contributed by atoms with van der Waals surface area (Å²) in [5.41, 5.74) is 1.62. The third-order valence-corrected chi connectivity index (χ3v) is 4.79. The number of amides is 2. The number of nitrogens with zero attached hydrogens (tertiary/aromatic N) is 1. The van der Waals surface area contributed by atoms with Crippen molar-refractivity contribution >= 4 is 11.8 Å². The second-order valence-electron chi connectivity index (χ2n) is 8.76. The molecule has 2 aromatic carbocycles. The number of aryl methyl sites for hydroxylation is 1. The Kier molecular flexibility index (Phi) is 8.52. The normalized spacial score (nSPS) is 12.0. The zero-order valence-corrected chi connectivity index (χ0v) is 20.0. The zero-order chi connectivity index (χ0) is 23.9. The van der Waals surface area contributed by atoms with Crippen molar-refractivity contribution in [2.75, 3.05) is 20.8 Å². The monoisotopic (exact) mass is 442 g/mol. The van der Waals surface area contributed by atoms with Gasteiger partial charge in [-0.1, -0.05) is 29.8 Å². The molecule has 2 aromatic rings. The lowest BCUT2D eigenvalue weighted by molar-refractivity contribution is -0.142. The minimum absolute atomic E-state index is 0.221. The smallest absolute Gasteiger partial charge is 0.261 e. The summed E-state index contributed by atoms with van der Waals surface area (Å²) in [5.74, 6) is 1.03. The molecule has 0 saturated carbocycles. The van der Waals surface area contributed by atoms with Crippen LogP contribution in [-0.4, -0.2) is 49.1 Å². The molecule has 0 unspecified atom stereocenters. The van der Waals surface area contributed by atoms with Gasteiger partial charge in [-0.25, -0.2) is 0 Å². The summed E-state index contributed by atoms with van der Waals surface area (Å²) < 4.78 is 16.2. The van der Waals surface area contributed by atoms with Gasteiger partial charge in [0.15, 0.2) is 6.61 Å². The fraction of sp³-hybridized carbons (Fsp3) is 0.440. The topological polar surface area (TPSA) is 77.1 Å². The van der Waals surface area contributed by atoms with E-state index in [2.05, 4.69) is 5.32 Å². The molecule has 2 rings (SSSR count). The molecule has 0 aliphatic heterocycles. The number of carbonyl (C=O) groups is 2. The molecular weight excluding hydrogens is 408 g/mol. The first-order chi connectivity index (χ1) is 15.0. The first-order valence-corrected chi connectivity index (χ1v) is 10.6. The summed E-state index contributed by atoms with van der Waals surface area (Å²) in [6.07, 6.45) is 0. The summed E-state index contributed by atoms with van der Waals surface area (Å²) in [6, 6.07) is 12.3. The molecule has 1 atom stereocenters. The highest BCUT2D eigenvalue weighted by atomic mass is 16.5. The van der Waals surface area contributed by atoms with Crippen molar-refractivity contribution in [3.8, 4) is 17.2 Å². The number of hydrogen-bond donors (Lipinski definition) is 1. The van der Waals surface area contributed by atoms with Crippen molar-refractivity contribution in [3.05, 3.63) is 53.6 Å². The van der Waals surface area contributed by atoms with Crippen molar-refractivity contribution in [2.24, 2.45) is 0 Å². The largest absolute Gasteiger partial charge is 0.496 e. The van der Waals surface area contributed by atoms with E-state index in [1.807, 2.05) is 52.0 Å². The SMILES string of the molecule is COc1cc(OC)cc(OCC(=O)N(Cc2cccc(C)c2)[C@H](C)C(=O)NC(C)(C)C)c1. The molecule has 0 radical (unpaired) electrons. The average Bonchev–Trinajstić information content (AvgIpc) is 2.73. The average molecular weight is 443 g/mol. The molecule has 174 valence electrons. The minimum Gasteiger partial charge on any atom is -0.496 e. The molecule has 32 heavy (non-hydrogen) atoms. The van der Waals surface area contributed by atoms with E-state index in [1.54, 1.807) is 39.3 Å². The van der Waals surface area contributed by atoms with Gasteiger partial charge in [0, 0.05) is 30.3 Å². The van der Waals surface area contributed by atoms with Crippen LogP contribution < -0.4 is 19.5 Å². The van der Waals surface area contributed by atoms with Gasteiger partial charge in [-0.05, 0) is 40.2 Å². The quantitative estimate of drug-likeness (QED) is 0.640. The van der Waals surface area contributed by atoms with E-state index >= 15 is 0 Å². The van der Waals surface area contributed by atoms with Crippen molar-refractivity contribution < 1.29 is 23.8 Å². The Labute approximate surface area is 190 Å². The minimum atomic E-state index is -0.675. The van der Waals surface area contributed by atoms with Crippen LogP contribution in [0.4, 0.5) is 0 Å². The maximum atomic E-state index is 13.2. The summed E-state index contributed by atoms with van der Waals surface area (Å²) >= 11 is 0. The van der Waals surface area contributed by atoms with Crippen molar-refractivity contribution in [1.29, 1.82) is 0 Å². The summed E-state index contributed by atoms with van der Waals surface area (Å²) in [6.45, 7) is 9.50. The number of nitrogens with one attached hydrogen (secondary N) is 1. The van der Waals surface area contributed by atoms with Crippen LogP contribution in [0.1, 0.15) is 38.8 Å². The molecule has 0 spiro atoms. The number of hydrogen-bond acceptors (Lipinski definition) is 5. The van der Waals surface area contributed by atoms with Gasteiger partial charge >= 0.3 is 0 Å². The Balaban J connectivity index is 2.22. The van der Waals surface area contributed by atoms with Crippen LogP contribution in [0.25, 0.3) is 0 Å². The van der Waals surface area contributed by atoms with E-state index in [4.69, 9.17) is 14.2 Å². The third-order valence-electron chi connectivity index (χ3n) is 4.79. The number of ether oxygens (including phenoxy) is 3. The van der Waals surface area contributed by atoms with Crippen molar-refractivity contribution in [1.82, 2.24) is 10.2 Å². The van der Waals surface area contributed by atoms with Crippen LogP contribution >= 0.6 is 0 Å². The molecule has 0 aromatic heterocycles. The van der Waals surface area contributed by atoms with Gasteiger partial charge in [0.2, 0.25) is 5.91 Å².